The summed E-state index contributed by atoms with van der Waals surface area (Å²) in [5.41, 5.74) is 3.61. The van der Waals surface area contributed by atoms with Crippen molar-refractivity contribution in [1.29, 1.82) is 0 Å². The third kappa shape index (κ3) is 3.49. The van der Waals surface area contributed by atoms with Crippen molar-refractivity contribution < 1.29 is 4.79 Å². The molecule has 2 heteroatoms. The highest BCUT2D eigenvalue weighted by atomic mass is 16.1. The number of ketones is 1. The van der Waals surface area contributed by atoms with E-state index in [0.29, 0.717) is 6.04 Å². The monoisotopic (exact) mass is 273 g/mol. The van der Waals surface area contributed by atoms with Crippen LogP contribution in [0.2, 0.25) is 0 Å². The number of nitrogens with zero attached hydrogens (tertiary/aromatic N) is 1. The van der Waals surface area contributed by atoms with Gasteiger partial charge in [0.25, 0.3) is 0 Å². The smallest absolute Gasteiger partial charge is 0.159 e. The Morgan fingerprint density at radius 2 is 1.95 bits per heavy atom. The van der Waals surface area contributed by atoms with E-state index >= 15 is 0 Å². The number of rotatable bonds is 7. The molecule has 1 aliphatic rings. The Hall–Kier alpha value is -1.15. The molecule has 0 N–H and O–H groups in total. The van der Waals surface area contributed by atoms with Crippen LogP contribution >= 0.6 is 0 Å². The van der Waals surface area contributed by atoms with E-state index in [4.69, 9.17) is 0 Å². The zero-order chi connectivity index (χ0) is 14.5. The van der Waals surface area contributed by atoms with Crippen molar-refractivity contribution in [3.8, 4) is 0 Å². The Morgan fingerprint density at radius 3 is 2.60 bits per heavy atom. The van der Waals surface area contributed by atoms with Crippen molar-refractivity contribution in [3.05, 3.63) is 34.9 Å². The minimum Gasteiger partial charge on any atom is -0.295 e. The van der Waals surface area contributed by atoms with Gasteiger partial charge in [-0.2, -0.15) is 0 Å². The van der Waals surface area contributed by atoms with Crippen LogP contribution in [0.3, 0.4) is 0 Å². The van der Waals surface area contributed by atoms with Crippen molar-refractivity contribution >= 4 is 5.78 Å². The Balaban J connectivity index is 2.01. The molecule has 1 heterocycles. The first-order valence-electron chi connectivity index (χ1n) is 8.02. The maximum Gasteiger partial charge on any atom is 0.159 e. The number of carbonyl (C=O) groups is 1. The van der Waals surface area contributed by atoms with Crippen LogP contribution in [0.5, 0.6) is 0 Å². The lowest BCUT2D eigenvalue weighted by Gasteiger charge is -2.26. The third-order valence-electron chi connectivity index (χ3n) is 4.49. The molecule has 1 aromatic rings. The van der Waals surface area contributed by atoms with Crippen LogP contribution in [0.25, 0.3) is 0 Å². The van der Waals surface area contributed by atoms with Crippen LogP contribution in [0.1, 0.15) is 74.4 Å². The number of hydrogen-bond acceptors (Lipinski definition) is 2. The van der Waals surface area contributed by atoms with Gasteiger partial charge in [0.05, 0.1) is 0 Å². The van der Waals surface area contributed by atoms with Gasteiger partial charge in [-0.25, -0.2) is 0 Å². The number of unbranched alkanes of at least 4 members (excludes halogenated alkanes) is 2. The van der Waals surface area contributed by atoms with E-state index in [9.17, 15) is 4.79 Å². The average Bonchev–Trinajstić information content (AvgIpc) is 2.86. The van der Waals surface area contributed by atoms with Gasteiger partial charge in [0, 0.05) is 24.7 Å². The van der Waals surface area contributed by atoms with Gasteiger partial charge in [-0.15, -0.1) is 0 Å². The van der Waals surface area contributed by atoms with Crippen molar-refractivity contribution in [2.45, 2.75) is 72.0 Å². The zero-order valence-corrected chi connectivity index (χ0v) is 13.1. The van der Waals surface area contributed by atoms with Crippen molar-refractivity contribution in [2.75, 3.05) is 0 Å². The molecule has 1 atom stereocenters. The Bertz CT molecular complexity index is 466. The molecule has 0 aliphatic carbocycles. The topological polar surface area (TPSA) is 20.3 Å². The summed E-state index contributed by atoms with van der Waals surface area (Å²) in [6.07, 6.45) is 6.49. The van der Waals surface area contributed by atoms with Gasteiger partial charge in [0.1, 0.15) is 0 Å². The van der Waals surface area contributed by atoms with E-state index in [1.165, 1.54) is 43.2 Å². The lowest BCUT2D eigenvalue weighted by atomic mass is 10.0. The largest absolute Gasteiger partial charge is 0.295 e. The maximum absolute atomic E-state index is 11.5. The molecule has 2 rings (SSSR count). The van der Waals surface area contributed by atoms with Gasteiger partial charge in [0.15, 0.2) is 5.78 Å². The Morgan fingerprint density at radius 1 is 1.20 bits per heavy atom. The van der Waals surface area contributed by atoms with E-state index in [1.54, 1.807) is 6.92 Å². The van der Waals surface area contributed by atoms with E-state index < -0.39 is 0 Å². The van der Waals surface area contributed by atoms with E-state index in [0.717, 1.165) is 18.7 Å². The average molecular weight is 273 g/mol. The predicted molar refractivity (Wildman–Crippen MR) is 83.9 cm³/mol. The van der Waals surface area contributed by atoms with Gasteiger partial charge in [-0.05, 0) is 37.0 Å². The SMILES string of the molecule is CCCCCC(CC)N1Cc2ccc(C(C)=O)cc2C1. The Labute approximate surface area is 123 Å². The molecule has 1 unspecified atom stereocenters. The molecule has 0 radical (unpaired) electrons. The molecule has 1 aromatic carbocycles. The first-order chi connectivity index (χ1) is 9.65. The van der Waals surface area contributed by atoms with Crippen LogP contribution in [-0.2, 0) is 13.1 Å². The molecule has 0 saturated carbocycles. The number of Topliss-reactive ketones (excluding diaryl/α,β-unsaturated/α-hetero) is 1. The highest BCUT2D eigenvalue weighted by Gasteiger charge is 2.24. The van der Waals surface area contributed by atoms with Crippen LogP contribution in [0.4, 0.5) is 0 Å². The Kier molecular flexibility index (Phi) is 5.36. The highest BCUT2D eigenvalue weighted by Crippen LogP contribution is 2.28. The van der Waals surface area contributed by atoms with Gasteiger partial charge in [-0.1, -0.05) is 45.2 Å². The van der Waals surface area contributed by atoms with E-state index in [2.05, 4.69) is 30.9 Å². The quantitative estimate of drug-likeness (QED) is 0.536. The standard InChI is InChI=1S/C18H27NO/c1-4-6-7-8-18(5-2)19-12-16-10-9-15(14(3)20)11-17(16)13-19/h9-11,18H,4-8,12-13H2,1-3H3. The summed E-state index contributed by atoms with van der Waals surface area (Å²) >= 11 is 0. The molecule has 2 nitrogen and oxygen atoms in total. The van der Waals surface area contributed by atoms with Crippen molar-refractivity contribution in [2.24, 2.45) is 0 Å². The molecule has 0 saturated heterocycles. The predicted octanol–water partition coefficient (Wildman–Crippen LogP) is 4.56. The normalized spacial score (nSPS) is 16.1. The van der Waals surface area contributed by atoms with Gasteiger partial charge in [-0.3, -0.25) is 9.69 Å². The zero-order valence-electron chi connectivity index (χ0n) is 13.1. The third-order valence-corrected chi connectivity index (χ3v) is 4.49. The van der Waals surface area contributed by atoms with Gasteiger partial charge >= 0.3 is 0 Å². The fourth-order valence-corrected chi connectivity index (χ4v) is 3.17. The van der Waals surface area contributed by atoms with Crippen molar-refractivity contribution in [3.63, 3.8) is 0 Å². The molecule has 1 aliphatic heterocycles. The molecule has 0 spiro atoms. The second-order valence-corrected chi connectivity index (χ2v) is 6.00. The minimum absolute atomic E-state index is 0.168. The van der Waals surface area contributed by atoms with Crippen LogP contribution in [0, 0.1) is 0 Å². The van der Waals surface area contributed by atoms with Crippen LogP contribution in [-0.4, -0.2) is 16.7 Å². The summed E-state index contributed by atoms with van der Waals surface area (Å²) in [5, 5.41) is 0. The molecule has 110 valence electrons. The summed E-state index contributed by atoms with van der Waals surface area (Å²) in [7, 11) is 0. The van der Waals surface area contributed by atoms with Crippen LogP contribution in [0.15, 0.2) is 18.2 Å². The first kappa shape index (κ1) is 15.2. The second-order valence-electron chi connectivity index (χ2n) is 6.00. The molecular formula is C18H27NO. The van der Waals surface area contributed by atoms with Gasteiger partial charge in [0.2, 0.25) is 0 Å². The van der Waals surface area contributed by atoms with Crippen molar-refractivity contribution in [1.82, 2.24) is 4.90 Å². The van der Waals surface area contributed by atoms with E-state index in [1.807, 2.05) is 6.07 Å². The van der Waals surface area contributed by atoms with Crippen LogP contribution < -0.4 is 0 Å². The lowest BCUT2D eigenvalue weighted by Crippen LogP contribution is -2.29. The molecule has 0 fully saturated rings. The molecule has 20 heavy (non-hydrogen) atoms. The number of fused-ring (bicyclic) bond motifs is 1. The fourth-order valence-electron chi connectivity index (χ4n) is 3.17. The highest BCUT2D eigenvalue weighted by molar-refractivity contribution is 5.94. The fraction of sp³-hybridized carbons (Fsp3) is 0.611. The second kappa shape index (κ2) is 7.03. The number of benzene rings is 1. The summed E-state index contributed by atoms with van der Waals surface area (Å²) in [5.74, 6) is 0.168. The summed E-state index contributed by atoms with van der Waals surface area (Å²) in [4.78, 5) is 14.1. The number of carbonyl (C=O) groups excluding carboxylic acids is 1. The lowest BCUT2D eigenvalue weighted by molar-refractivity contribution is 0.101. The first-order valence-corrected chi connectivity index (χ1v) is 8.02. The molecule has 0 amide bonds. The van der Waals surface area contributed by atoms with Gasteiger partial charge < -0.3 is 0 Å². The minimum atomic E-state index is 0.168. The number of hydrogen-bond donors (Lipinski definition) is 0. The molecule has 0 aromatic heterocycles. The summed E-state index contributed by atoms with van der Waals surface area (Å²) < 4.78 is 0. The summed E-state index contributed by atoms with van der Waals surface area (Å²) in [6.45, 7) is 8.27. The molecular weight excluding hydrogens is 246 g/mol. The molecule has 0 bridgehead atoms. The summed E-state index contributed by atoms with van der Waals surface area (Å²) in [6, 6.07) is 6.90. The van der Waals surface area contributed by atoms with E-state index in [-0.39, 0.29) is 5.78 Å². The maximum atomic E-state index is 11.5.